The molecule has 2 heterocycles. The molecule has 3 aliphatic rings. The molecule has 1 aliphatic heterocycles. The highest BCUT2D eigenvalue weighted by Gasteiger charge is 2.30. The molecule has 0 radical (unpaired) electrons. The molecule has 2 aliphatic carbocycles. The van der Waals surface area contributed by atoms with Gasteiger partial charge in [0.2, 0.25) is 0 Å². The van der Waals surface area contributed by atoms with Gasteiger partial charge < -0.3 is 15.8 Å². The number of nitrogens with zero attached hydrogens (tertiary/aromatic N) is 2. The van der Waals surface area contributed by atoms with Gasteiger partial charge in [0.05, 0.1) is 31.2 Å². The topological polar surface area (TPSA) is 72.5 Å². The maximum Gasteiger partial charge on any atom is 0.139 e. The highest BCUT2D eigenvalue weighted by atomic mass is 16.5. The number of anilines is 1. The molecule has 136 valence electrons. The number of aromatic nitrogens is 1. The smallest absolute Gasteiger partial charge is 0.139 e. The highest BCUT2D eigenvalue weighted by Crippen LogP contribution is 2.38. The summed E-state index contributed by atoms with van der Waals surface area (Å²) in [6.07, 6.45) is 17.5. The van der Waals surface area contributed by atoms with E-state index in [-0.39, 0.29) is 12.1 Å². The van der Waals surface area contributed by atoms with Crippen LogP contribution in [0.25, 0.3) is 0 Å². The van der Waals surface area contributed by atoms with Gasteiger partial charge in [0, 0.05) is 36.4 Å². The van der Waals surface area contributed by atoms with Gasteiger partial charge in [0.1, 0.15) is 5.75 Å². The molecule has 4 rings (SSSR count). The number of hydrogen-bond acceptors (Lipinski definition) is 5. The molecule has 0 saturated heterocycles. The second kappa shape index (κ2) is 7.46. The molecule has 0 amide bonds. The lowest BCUT2D eigenvalue weighted by molar-refractivity contribution is 0.413. The minimum Gasteiger partial charge on any atom is -0.495 e. The number of pyridine rings is 1. The molecule has 3 N–H and O–H groups in total. The Kier molecular flexibility index (Phi) is 4.89. The van der Waals surface area contributed by atoms with E-state index in [0.29, 0.717) is 5.92 Å². The molecule has 0 spiro atoms. The van der Waals surface area contributed by atoms with Crippen molar-refractivity contribution in [1.29, 1.82) is 0 Å². The van der Waals surface area contributed by atoms with Crippen molar-refractivity contribution in [2.75, 3.05) is 12.4 Å². The van der Waals surface area contributed by atoms with Crippen LogP contribution in [0, 0.1) is 5.92 Å². The van der Waals surface area contributed by atoms with Crippen LogP contribution in [0.5, 0.6) is 5.75 Å². The molecule has 2 atom stereocenters. The Morgan fingerprint density at radius 3 is 2.96 bits per heavy atom. The zero-order chi connectivity index (χ0) is 17.9. The molecule has 0 unspecified atom stereocenters. The summed E-state index contributed by atoms with van der Waals surface area (Å²) in [5, 5.41) is 3.59. The van der Waals surface area contributed by atoms with Crippen molar-refractivity contribution in [2.45, 2.75) is 44.2 Å². The summed E-state index contributed by atoms with van der Waals surface area (Å²) < 4.78 is 5.28. The first-order valence-corrected chi connectivity index (χ1v) is 9.38. The molecule has 5 heteroatoms. The SMILES string of the molecule is COc1cncc(N[C@H]2C[C@H](N)C3=C2C/C=N\C(C2CC2)=C/C/C=C\3)c1. The minimum absolute atomic E-state index is 0.0528. The van der Waals surface area contributed by atoms with Crippen LogP contribution in [0.2, 0.25) is 0 Å². The molecule has 5 nitrogen and oxygen atoms in total. The van der Waals surface area contributed by atoms with E-state index >= 15 is 0 Å². The first-order valence-electron chi connectivity index (χ1n) is 9.38. The largest absolute Gasteiger partial charge is 0.495 e. The molecule has 1 saturated carbocycles. The summed E-state index contributed by atoms with van der Waals surface area (Å²) >= 11 is 0. The van der Waals surface area contributed by atoms with Crippen LogP contribution in [-0.4, -0.2) is 30.4 Å². The minimum atomic E-state index is 0.0528. The Bertz CT molecular complexity index is 789. The van der Waals surface area contributed by atoms with Crippen molar-refractivity contribution < 1.29 is 4.74 Å². The summed E-state index contributed by atoms with van der Waals surface area (Å²) in [5.41, 5.74) is 11.2. The average molecular weight is 350 g/mol. The maximum absolute atomic E-state index is 6.44. The number of ether oxygens (including phenoxy) is 1. The Hall–Kier alpha value is -2.40. The Balaban J connectivity index is 1.56. The van der Waals surface area contributed by atoms with E-state index < -0.39 is 0 Å². The molecule has 26 heavy (non-hydrogen) atoms. The summed E-state index contributed by atoms with van der Waals surface area (Å²) in [7, 11) is 1.65. The number of aliphatic imine (C=N–C) groups is 1. The lowest BCUT2D eigenvalue weighted by Gasteiger charge is -2.18. The lowest BCUT2D eigenvalue weighted by Crippen LogP contribution is -2.24. The van der Waals surface area contributed by atoms with Gasteiger partial charge in [-0.15, -0.1) is 0 Å². The highest BCUT2D eigenvalue weighted by molar-refractivity contribution is 5.66. The maximum atomic E-state index is 6.44. The molecular weight excluding hydrogens is 324 g/mol. The summed E-state index contributed by atoms with van der Waals surface area (Å²) in [6.45, 7) is 0. The Labute approximate surface area is 154 Å². The van der Waals surface area contributed by atoms with Gasteiger partial charge in [0.25, 0.3) is 0 Å². The quantitative estimate of drug-likeness (QED) is 0.870. The van der Waals surface area contributed by atoms with Crippen LogP contribution in [0.3, 0.4) is 0 Å². The van der Waals surface area contributed by atoms with Crippen LogP contribution in [0.4, 0.5) is 5.69 Å². The second-order valence-electron chi connectivity index (χ2n) is 7.19. The molecular formula is C21H26N4O. The Morgan fingerprint density at radius 1 is 1.27 bits per heavy atom. The van der Waals surface area contributed by atoms with Crippen LogP contribution in [0.1, 0.15) is 32.1 Å². The van der Waals surface area contributed by atoms with E-state index in [1.807, 2.05) is 12.3 Å². The normalized spacial score (nSPS) is 30.2. The summed E-state index contributed by atoms with van der Waals surface area (Å²) in [6, 6.07) is 2.21. The molecule has 0 bridgehead atoms. The number of hydrogen-bond donors (Lipinski definition) is 2. The summed E-state index contributed by atoms with van der Waals surface area (Å²) in [4.78, 5) is 9.00. The van der Waals surface area contributed by atoms with Gasteiger partial charge >= 0.3 is 0 Å². The van der Waals surface area contributed by atoms with Crippen molar-refractivity contribution in [1.82, 2.24) is 4.98 Å². The number of rotatable bonds is 4. The van der Waals surface area contributed by atoms with Gasteiger partial charge in [-0.05, 0) is 36.8 Å². The predicted octanol–water partition coefficient (Wildman–Crippen LogP) is 3.61. The van der Waals surface area contributed by atoms with Crippen LogP contribution < -0.4 is 15.8 Å². The van der Waals surface area contributed by atoms with Crippen molar-refractivity contribution in [2.24, 2.45) is 16.6 Å². The standard InChI is InChI=1S/C21H26N4O/c1-26-16-10-15(12-23-13-16)25-21-11-19(22)17-4-2-3-5-20(14-6-7-14)24-9-8-18(17)21/h2,4-5,9-10,12-14,19,21,25H,3,6-8,11,22H2,1H3/b4-2-,20-5-,24-9-/t19-,21-/m0/s1. The van der Waals surface area contributed by atoms with Crippen LogP contribution >= 0.6 is 0 Å². The van der Waals surface area contributed by atoms with E-state index in [2.05, 4.69) is 34.7 Å². The van der Waals surface area contributed by atoms with E-state index in [1.165, 1.54) is 29.7 Å². The van der Waals surface area contributed by atoms with Gasteiger partial charge in [-0.3, -0.25) is 9.98 Å². The van der Waals surface area contributed by atoms with E-state index in [1.54, 1.807) is 13.3 Å². The number of nitrogens with one attached hydrogen (secondary N) is 1. The fourth-order valence-corrected chi connectivity index (χ4v) is 3.75. The monoisotopic (exact) mass is 350 g/mol. The first-order chi connectivity index (χ1) is 12.7. The first kappa shape index (κ1) is 17.0. The van der Waals surface area contributed by atoms with E-state index in [0.717, 1.165) is 30.7 Å². The molecule has 1 aromatic rings. The Morgan fingerprint density at radius 2 is 2.15 bits per heavy atom. The fraction of sp³-hybridized carbons (Fsp3) is 0.429. The molecule has 0 aromatic carbocycles. The zero-order valence-corrected chi connectivity index (χ0v) is 15.2. The van der Waals surface area contributed by atoms with Gasteiger partial charge in [-0.25, -0.2) is 0 Å². The van der Waals surface area contributed by atoms with Crippen molar-refractivity contribution in [3.63, 3.8) is 0 Å². The third kappa shape index (κ3) is 3.73. The van der Waals surface area contributed by atoms with E-state index in [4.69, 9.17) is 15.5 Å². The zero-order valence-electron chi connectivity index (χ0n) is 15.2. The average Bonchev–Trinajstić information content (AvgIpc) is 3.45. The number of nitrogens with two attached hydrogens (primary N) is 1. The third-order valence-electron chi connectivity index (χ3n) is 5.28. The second-order valence-corrected chi connectivity index (χ2v) is 7.19. The fourth-order valence-electron chi connectivity index (χ4n) is 3.75. The predicted molar refractivity (Wildman–Crippen MR) is 105 cm³/mol. The van der Waals surface area contributed by atoms with Crippen LogP contribution in [0.15, 0.2) is 58.5 Å². The molecule has 1 aromatic heterocycles. The lowest BCUT2D eigenvalue weighted by atomic mass is 10.0. The van der Waals surface area contributed by atoms with Gasteiger partial charge in [0.15, 0.2) is 0 Å². The summed E-state index contributed by atoms with van der Waals surface area (Å²) in [5.74, 6) is 1.42. The van der Waals surface area contributed by atoms with Crippen molar-refractivity contribution in [3.05, 3.63) is 53.5 Å². The van der Waals surface area contributed by atoms with Gasteiger partial charge in [-0.1, -0.05) is 18.2 Å². The van der Waals surface area contributed by atoms with Crippen molar-refractivity contribution in [3.8, 4) is 5.75 Å². The van der Waals surface area contributed by atoms with Crippen LogP contribution in [-0.2, 0) is 0 Å². The number of methoxy groups -OCH3 is 1. The number of allylic oxidation sites excluding steroid dienone is 3. The molecule has 1 fully saturated rings. The van der Waals surface area contributed by atoms with E-state index in [9.17, 15) is 0 Å². The van der Waals surface area contributed by atoms with Gasteiger partial charge in [-0.2, -0.15) is 0 Å². The van der Waals surface area contributed by atoms with Crippen molar-refractivity contribution >= 4 is 11.9 Å². The third-order valence-corrected chi connectivity index (χ3v) is 5.28.